The molecule has 1 fully saturated rings. The second-order valence-electron chi connectivity index (χ2n) is 5.82. The number of ether oxygens (including phenoxy) is 1. The standard InChI is InChI=1S/C15H18BrN3O/c1-15(2)8-11(4-6-20-15)19-12-3-5-17-13-7-10(16)9-18-14(12)13/h3,5,7,9,11H,4,6,8H2,1-2H3,(H,17,19). The van der Waals surface area contributed by atoms with Gasteiger partial charge in [-0.2, -0.15) is 0 Å². The number of nitrogens with zero attached hydrogens (tertiary/aromatic N) is 2. The lowest BCUT2D eigenvalue weighted by Gasteiger charge is -2.36. The van der Waals surface area contributed by atoms with Crippen molar-refractivity contribution in [1.82, 2.24) is 9.97 Å². The molecule has 0 aliphatic carbocycles. The Morgan fingerprint density at radius 3 is 3.05 bits per heavy atom. The highest BCUT2D eigenvalue weighted by molar-refractivity contribution is 9.10. The number of hydrogen-bond acceptors (Lipinski definition) is 4. The first-order valence-electron chi connectivity index (χ1n) is 6.84. The van der Waals surface area contributed by atoms with Crippen LogP contribution >= 0.6 is 15.9 Å². The van der Waals surface area contributed by atoms with E-state index in [0.717, 1.165) is 40.6 Å². The summed E-state index contributed by atoms with van der Waals surface area (Å²) in [4.78, 5) is 8.85. The average Bonchev–Trinajstić information content (AvgIpc) is 2.37. The number of aromatic nitrogens is 2. The molecule has 3 heterocycles. The fourth-order valence-corrected chi connectivity index (χ4v) is 3.02. The van der Waals surface area contributed by atoms with Crippen LogP contribution in [0.15, 0.2) is 29.0 Å². The highest BCUT2D eigenvalue weighted by atomic mass is 79.9. The van der Waals surface area contributed by atoms with Gasteiger partial charge in [0.25, 0.3) is 0 Å². The molecule has 0 saturated carbocycles. The van der Waals surface area contributed by atoms with E-state index in [9.17, 15) is 0 Å². The Balaban J connectivity index is 1.87. The van der Waals surface area contributed by atoms with Crippen LogP contribution in [0.25, 0.3) is 11.0 Å². The predicted molar refractivity (Wildman–Crippen MR) is 83.9 cm³/mol. The van der Waals surface area contributed by atoms with Gasteiger partial charge in [0, 0.05) is 29.5 Å². The lowest BCUT2D eigenvalue weighted by molar-refractivity contribution is -0.0553. The van der Waals surface area contributed by atoms with Gasteiger partial charge < -0.3 is 10.1 Å². The van der Waals surface area contributed by atoms with Gasteiger partial charge >= 0.3 is 0 Å². The number of hydrogen-bond donors (Lipinski definition) is 1. The van der Waals surface area contributed by atoms with Crippen molar-refractivity contribution in [2.75, 3.05) is 11.9 Å². The Hall–Kier alpha value is -1.20. The van der Waals surface area contributed by atoms with Crippen LogP contribution < -0.4 is 5.32 Å². The SMILES string of the molecule is CC1(C)CC(Nc2ccnc3cc(Br)cnc23)CCO1. The second kappa shape index (κ2) is 5.30. The molecule has 20 heavy (non-hydrogen) atoms. The van der Waals surface area contributed by atoms with E-state index in [2.05, 4.69) is 45.1 Å². The molecule has 1 aliphatic rings. The molecule has 1 saturated heterocycles. The zero-order chi connectivity index (χ0) is 14.2. The molecule has 1 N–H and O–H groups in total. The molecule has 0 bridgehead atoms. The van der Waals surface area contributed by atoms with Crippen LogP contribution in [-0.2, 0) is 4.74 Å². The Kier molecular flexibility index (Phi) is 3.65. The van der Waals surface area contributed by atoms with Crippen molar-refractivity contribution >= 4 is 32.7 Å². The van der Waals surface area contributed by atoms with Crippen molar-refractivity contribution in [3.05, 3.63) is 29.0 Å². The molecule has 2 aromatic rings. The number of nitrogens with one attached hydrogen (secondary N) is 1. The van der Waals surface area contributed by atoms with Gasteiger partial charge in [0.1, 0.15) is 5.52 Å². The topological polar surface area (TPSA) is 47.0 Å². The molecule has 4 nitrogen and oxygen atoms in total. The van der Waals surface area contributed by atoms with E-state index in [1.54, 1.807) is 0 Å². The molecular formula is C15H18BrN3O. The number of fused-ring (bicyclic) bond motifs is 1. The number of rotatable bonds is 2. The first-order valence-corrected chi connectivity index (χ1v) is 7.64. The van der Waals surface area contributed by atoms with Crippen molar-refractivity contribution in [1.29, 1.82) is 0 Å². The molecule has 2 aromatic heterocycles. The maximum Gasteiger partial charge on any atom is 0.112 e. The highest BCUT2D eigenvalue weighted by Crippen LogP contribution is 2.28. The average molecular weight is 336 g/mol. The van der Waals surface area contributed by atoms with Crippen LogP contribution in [0.2, 0.25) is 0 Å². The summed E-state index contributed by atoms with van der Waals surface area (Å²) in [6.07, 6.45) is 5.64. The molecule has 0 radical (unpaired) electrons. The van der Waals surface area contributed by atoms with Crippen molar-refractivity contribution in [3.63, 3.8) is 0 Å². The van der Waals surface area contributed by atoms with Crippen LogP contribution in [-0.4, -0.2) is 28.2 Å². The van der Waals surface area contributed by atoms with Gasteiger partial charge in [-0.15, -0.1) is 0 Å². The summed E-state index contributed by atoms with van der Waals surface area (Å²) in [7, 11) is 0. The summed E-state index contributed by atoms with van der Waals surface area (Å²) in [5.41, 5.74) is 2.80. The second-order valence-corrected chi connectivity index (χ2v) is 6.74. The summed E-state index contributed by atoms with van der Waals surface area (Å²) in [6, 6.07) is 4.39. The summed E-state index contributed by atoms with van der Waals surface area (Å²) in [5.74, 6) is 0. The molecule has 5 heteroatoms. The Labute approximate surface area is 127 Å². The zero-order valence-electron chi connectivity index (χ0n) is 11.7. The van der Waals surface area contributed by atoms with Crippen LogP contribution in [0.1, 0.15) is 26.7 Å². The maximum absolute atomic E-state index is 5.76. The van der Waals surface area contributed by atoms with E-state index in [4.69, 9.17) is 4.74 Å². The van der Waals surface area contributed by atoms with Crippen molar-refractivity contribution in [3.8, 4) is 0 Å². The molecule has 1 aliphatic heterocycles. The van der Waals surface area contributed by atoms with E-state index < -0.39 is 0 Å². The van der Waals surface area contributed by atoms with Crippen LogP contribution in [0.3, 0.4) is 0 Å². The minimum atomic E-state index is -0.0603. The Bertz CT molecular complexity index is 630. The first-order chi connectivity index (χ1) is 9.53. The number of pyridine rings is 2. The fraction of sp³-hybridized carbons (Fsp3) is 0.467. The van der Waals surface area contributed by atoms with E-state index in [0.29, 0.717) is 6.04 Å². The summed E-state index contributed by atoms with van der Waals surface area (Å²) >= 11 is 3.43. The smallest absolute Gasteiger partial charge is 0.112 e. The monoisotopic (exact) mass is 335 g/mol. The maximum atomic E-state index is 5.76. The normalized spacial score (nSPS) is 21.9. The predicted octanol–water partition coefficient (Wildman–Crippen LogP) is 3.76. The molecule has 3 rings (SSSR count). The quantitative estimate of drug-likeness (QED) is 0.907. The lowest BCUT2D eigenvalue weighted by Crippen LogP contribution is -2.40. The first kappa shape index (κ1) is 13.8. The van der Waals surface area contributed by atoms with Gasteiger partial charge in [0.2, 0.25) is 0 Å². The molecule has 0 aromatic carbocycles. The van der Waals surface area contributed by atoms with Gasteiger partial charge in [-0.25, -0.2) is 0 Å². The largest absolute Gasteiger partial charge is 0.380 e. The third-order valence-electron chi connectivity index (χ3n) is 3.60. The molecule has 1 atom stereocenters. The van der Waals surface area contributed by atoms with Gasteiger partial charge in [-0.3, -0.25) is 9.97 Å². The van der Waals surface area contributed by atoms with Gasteiger partial charge in [-0.1, -0.05) is 0 Å². The molecule has 1 unspecified atom stereocenters. The van der Waals surface area contributed by atoms with E-state index in [1.165, 1.54) is 0 Å². The van der Waals surface area contributed by atoms with E-state index in [-0.39, 0.29) is 5.60 Å². The third-order valence-corrected chi connectivity index (χ3v) is 4.03. The molecule has 106 valence electrons. The summed E-state index contributed by atoms with van der Waals surface area (Å²) < 4.78 is 6.71. The van der Waals surface area contributed by atoms with Crippen LogP contribution in [0.5, 0.6) is 0 Å². The minimum absolute atomic E-state index is 0.0603. The van der Waals surface area contributed by atoms with Crippen molar-refractivity contribution < 1.29 is 4.74 Å². The zero-order valence-corrected chi connectivity index (χ0v) is 13.3. The Morgan fingerprint density at radius 2 is 2.25 bits per heavy atom. The highest BCUT2D eigenvalue weighted by Gasteiger charge is 2.28. The number of halogens is 1. The number of anilines is 1. The lowest BCUT2D eigenvalue weighted by atomic mass is 9.94. The van der Waals surface area contributed by atoms with Gasteiger partial charge in [0.05, 0.1) is 16.8 Å². The van der Waals surface area contributed by atoms with Crippen LogP contribution in [0.4, 0.5) is 5.69 Å². The summed E-state index contributed by atoms with van der Waals surface area (Å²) in [5, 5.41) is 3.60. The van der Waals surface area contributed by atoms with Crippen molar-refractivity contribution in [2.45, 2.75) is 38.3 Å². The van der Waals surface area contributed by atoms with Gasteiger partial charge in [-0.05, 0) is 54.8 Å². The fourth-order valence-electron chi connectivity index (χ4n) is 2.70. The van der Waals surface area contributed by atoms with Crippen LogP contribution in [0, 0.1) is 0 Å². The minimum Gasteiger partial charge on any atom is -0.380 e. The van der Waals surface area contributed by atoms with Crippen molar-refractivity contribution in [2.24, 2.45) is 0 Å². The molecule has 0 spiro atoms. The molecule has 0 amide bonds. The Morgan fingerprint density at radius 1 is 1.40 bits per heavy atom. The van der Waals surface area contributed by atoms with E-state index >= 15 is 0 Å². The third kappa shape index (κ3) is 2.94. The summed E-state index contributed by atoms with van der Waals surface area (Å²) in [6.45, 7) is 5.08. The van der Waals surface area contributed by atoms with E-state index in [1.807, 2.05) is 24.5 Å². The molecular weight excluding hydrogens is 318 g/mol. The van der Waals surface area contributed by atoms with Gasteiger partial charge in [0.15, 0.2) is 0 Å².